The van der Waals surface area contributed by atoms with Crippen LogP contribution in [-0.2, 0) is 0 Å². The first-order chi connectivity index (χ1) is 9.44. The van der Waals surface area contributed by atoms with Gasteiger partial charge in [0.25, 0.3) is 5.91 Å². The first-order valence-corrected chi connectivity index (χ1v) is 6.30. The number of benzene rings is 1. The molecule has 0 aliphatic heterocycles. The number of aromatic nitrogens is 2. The number of rotatable bonds is 3. The Morgan fingerprint density at radius 3 is 2.40 bits per heavy atom. The molecule has 0 radical (unpaired) electrons. The van der Waals surface area contributed by atoms with Crippen LogP contribution in [0.1, 0.15) is 31.3 Å². The number of ether oxygens (including phenoxy) is 1. The Hall–Kier alpha value is -2.43. The van der Waals surface area contributed by atoms with Gasteiger partial charge in [-0.3, -0.25) is 9.78 Å². The molecule has 1 heterocycles. The zero-order valence-corrected chi connectivity index (χ0v) is 11.8. The Bertz CT molecular complexity index is 574. The predicted molar refractivity (Wildman–Crippen MR) is 76.8 cm³/mol. The zero-order chi connectivity index (χ0) is 14.6. The van der Waals surface area contributed by atoms with Gasteiger partial charge in [-0.1, -0.05) is 0 Å². The standard InChI is InChI=1S/C15H17N3O2/c1-15(2,3)20-12-6-4-11(5-7-12)18-14(19)13-10-16-8-9-17-13/h4-10H,1-3H3,(H,18,19). The lowest BCUT2D eigenvalue weighted by Gasteiger charge is -2.21. The molecule has 1 N–H and O–H groups in total. The lowest BCUT2D eigenvalue weighted by molar-refractivity contribution is 0.102. The highest BCUT2D eigenvalue weighted by Crippen LogP contribution is 2.20. The van der Waals surface area contributed by atoms with Gasteiger partial charge in [0.2, 0.25) is 0 Å². The maximum absolute atomic E-state index is 11.9. The van der Waals surface area contributed by atoms with E-state index in [9.17, 15) is 4.79 Å². The molecule has 1 aromatic carbocycles. The van der Waals surface area contributed by atoms with Crippen molar-refractivity contribution in [1.29, 1.82) is 0 Å². The molecule has 2 aromatic rings. The minimum atomic E-state index is -0.289. The molecule has 0 spiro atoms. The van der Waals surface area contributed by atoms with Crippen LogP contribution in [-0.4, -0.2) is 21.5 Å². The van der Waals surface area contributed by atoms with Crippen LogP contribution in [0.2, 0.25) is 0 Å². The number of hydrogen-bond donors (Lipinski definition) is 1. The fourth-order valence-electron chi connectivity index (χ4n) is 1.57. The second kappa shape index (κ2) is 5.69. The lowest BCUT2D eigenvalue weighted by Crippen LogP contribution is -2.22. The number of nitrogens with one attached hydrogen (secondary N) is 1. The van der Waals surface area contributed by atoms with E-state index in [0.717, 1.165) is 5.75 Å². The summed E-state index contributed by atoms with van der Waals surface area (Å²) in [5.74, 6) is 0.470. The molecule has 5 heteroatoms. The highest BCUT2D eigenvalue weighted by atomic mass is 16.5. The number of carbonyl (C=O) groups excluding carboxylic acids is 1. The first kappa shape index (κ1) is 14.0. The number of anilines is 1. The Morgan fingerprint density at radius 2 is 1.85 bits per heavy atom. The minimum Gasteiger partial charge on any atom is -0.488 e. The van der Waals surface area contributed by atoms with Crippen molar-refractivity contribution in [2.24, 2.45) is 0 Å². The molecular formula is C15H17N3O2. The summed E-state index contributed by atoms with van der Waals surface area (Å²) < 4.78 is 5.71. The SMILES string of the molecule is CC(C)(C)Oc1ccc(NC(=O)c2cnccn2)cc1. The maximum Gasteiger partial charge on any atom is 0.275 e. The number of carbonyl (C=O) groups is 1. The molecule has 2 rings (SSSR count). The van der Waals surface area contributed by atoms with Crippen molar-refractivity contribution in [3.05, 3.63) is 48.5 Å². The van der Waals surface area contributed by atoms with Gasteiger partial charge in [0, 0.05) is 18.1 Å². The van der Waals surface area contributed by atoms with E-state index in [4.69, 9.17) is 4.74 Å². The van der Waals surface area contributed by atoms with E-state index < -0.39 is 0 Å². The van der Waals surface area contributed by atoms with Crippen molar-refractivity contribution in [2.45, 2.75) is 26.4 Å². The van der Waals surface area contributed by atoms with Crippen LogP contribution in [0.25, 0.3) is 0 Å². The van der Waals surface area contributed by atoms with Crippen LogP contribution in [0.5, 0.6) is 5.75 Å². The van der Waals surface area contributed by atoms with Gasteiger partial charge in [0.1, 0.15) is 17.0 Å². The molecule has 1 aromatic heterocycles. The lowest BCUT2D eigenvalue weighted by atomic mass is 10.2. The molecule has 0 aliphatic carbocycles. The average Bonchev–Trinajstić information content (AvgIpc) is 2.40. The molecule has 0 atom stereocenters. The summed E-state index contributed by atoms with van der Waals surface area (Å²) in [4.78, 5) is 19.7. The molecule has 104 valence electrons. The molecule has 0 saturated heterocycles. The third kappa shape index (κ3) is 4.05. The topological polar surface area (TPSA) is 64.1 Å². The average molecular weight is 271 g/mol. The zero-order valence-electron chi connectivity index (χ0n) is 11.8. The highest BCUT2D eigenvalue weighted by molar-refractivity contribution is 6.02. The molecule has 0 bridgehead atoms. The minimum absolute atomic E-state index is 0.246. The predicted octanol–water partition coefficient (Wildman–Crippen LogP) is 2.91. The van der Waals surface area contributed by atoms with Gasteiger partial charge in [-0.25, -0.2) is 4.98 Å². The van der Waals surface area contributed by atoms with E-state index >= 15 is 0 Å². The second-order valence-corrected chi connectivity index (χ2v) is 5.28. The molecule has 0 aliphatic rings. The summed E-state index contributed by atoms with van der Waals surface area (Å²) in [7, 11) is 0. The maximum atomic E-state index is 11.9. The van der Waals surface area contributed by atoms with Crippen molar-refractivity contribution in [3.63, 3.8) is 0 Å². The van der Waals surface area contributed by atoms with Crippen molar-refractivity contribution in [1.82, 2.24) is 9.97 Å². The van der Waals surface area contributed by atoms with Crippen LogP contribution in [0.3, 0.4) is 0 Å². The van der Waals surface area contributed by atoms with Crippen LogP contribution in [0.4, 0.5) is 5.69 Å². The molecule has 5 nitrogen and oxygen atoms in total. The second-order valence-electron chi connectivity index (χ2n) is 5.28. The van der Waals surface area contributed by atoms with Crippen molar-refractivity contribution < 1.29 is 9.53 Å². The van der Waals surface area contributed by atoms with Gasteiger partial charge in [-0.15, -0.1) is 0 Å². The van der Waals surface area contributed by atoms with Crippen molar-refractivity contribution >= 4 is 11.6 Å². The van der Waals surface area contributed by atoms with Crippen molar-refractivity contribution in [3.8, 4) is 5.75 Å². The van der Waals surface area contributed by atoms with E-state index in [1.807, 2.05) is 32.9 Å². The van der Waals surface area contributed by atoms with E-state index in [0.29, 0.717) is 5.69 Å². The first-order valence-electron chi connectivity index (χ1n) is 6.30. The number of amides is 1. The van der Waals surface area contributed by atoms with Gasteiger partial charge in [-0.2, -0.15) is 0 Å². The van der Waals surface area contributed by atoms with E-state index in [2.05, 4.69) is 15.3 Å². The van der Waals surface area contributed by atoms with Gasteiger partial charge in [0.05, 0.1) is 6.20 Å². The van der Waals surface area contributed by atoms with Gasteiger partial charge < -0.3 is 10.1 Å². The summed E-state index contributed by atoms with van der Waals surface area (Å²) in [6.45, 7) is 5.95. The number of hydrogen-bond acceptors (Lipinski definition) is 4. The van der Waals surface area contributed by atoms with Crippen LogP contribution in [0, 0.1) is 0 Å². The summed E-state index contributed by atoms with van der Waals surface area (Å²) in [6, 6.07) is 7.21. The fraction of sp³-hybridized carbons (Fsp3) is 0.267. The Kier molecular flexibility index (Phi) is 3.98. The summed E-state index contributed by atoms with van der Waals surface area (Å²) >= 11 is 0. The third-order valence-electron chi connectivity index (χ3n) is 2.33. The molecule has 0 saturated carbocycles. The smallest absolute Gasteiger partial charge is 0.275 e. The van der Waals surface area contributed by atoms with Crippen LogP contribution < -0.4 is 10.1 Å². The number of nitrogens with zero attached hydrogens (tertiary/aromatic N) is 2. The van der Waals surface area contributed by atoms with Crippen molar-refractivity contribution in [2.75, 3.05) is 5.32 Å². The quantitative estimate of drug-likeness (QED) is 0.932. The molecular weight excluding hydrogens is 254 g/mol. The van der Waals surface area contributed by atoms with Gasteiger partial charge in [0.15, 0.2) is 0 Å². The summed E-state index contributed by atoms with van der Waals surface area (Å²) in [5, 5.41) is 2.75. The molecule has 0 unspecified atom stereocenters. The Balaban J connectivity index is 2.02. The van der Waals surface area contributed by atoms with Gasteiger partial charge in [-0.05, 0) is 45.0 Å². The van der Waals surface area contributed by atoms with Crippen LogP contribution in [0.15, 0.2) is 42.9 Å². The third-order valence-corrected chi connectivity index (χ3v) is 2.33. The molecule has 20 heavy (non-hydrogen) atoms. The fourth-order valence-corrected chi connectivity index (χ4v) is 1.57. The molecule has 0 fully saturated rings. The highest BCUT2D eigenvalue weighted by Gasteiger charge is 2.12. The van der Waals surface area contributed by atoms with Gasteiger partial charge >= 0.3 is 0 Å². The van der Waals surface area contributed by atoms with E-state index in [1.165, 1.54) is 18.6 Å². The summed E-state index contributed by atoms with van der Waals surface area (Å²) in [5.41, 5.74) is 0.717. The van der Waals surface area contributed by atoms with Crippen LogP contribution >= 0.6 is 0 Å². The Labute approximate surface area is 118 Å². The summed E-state index contributed by atoms with van der Waals surface area (Å²) in [6.07, 6.45) is 4.43. The van der Waals surface area contributed by atoms with E-state index in [-0.39, 0.29) is 17.2 Å². The normalized spacial score (nSPS) is 10.9. The Morgan fingerprint density at radius 1 is 1.15 bits per heavy atom. The monoisotopic (exact) mass is 271 g/mol. The molecule has 1 amide bonds. The van der Waals surface area contributed by atoms with E-state index in [1.54, 1.807) is 12.1 Å². The largest absolute Gasteiger partial charge is 0.488 e.